The van der Waals surface area contributed by atoms with Crippen molar-refractivity contribution in [3.8, 4) is 0 Å². The molecule has 5 heteroatoms. The van der Waals surface area contributed by atoms with E-state index in [0.717, 1.165) is 11.1 Å². The van der Waals surface area contributed by atoms with Gasteiger partial charge in [0.25, 0.3) is 5.91 Å². The van der Waals surface area contributed by atoms with Gasteiger partial charge in [-0.25, -0.2) is 4.39 Å². The van der Waals surface area contributed by atoms with Gasteiger partial charge in [-0.15, -0.1) is 0 Å². The molecule has 1 atom stereocenters. The predicted molar refractivity (Wildman–Crippen MR) is 105 cm³/mol. The number of benzene rings is 2. The Balaban J connectivity index is 1.91. The van der Waals surface area contributed by atoms with Crippen molar-refractivity contribution in [1.82, 2.24) is 4.90 Å². The van der Waals surface area contributed by atoms with E-state index < -0.39 is 17.7 Å². The zero-order chi connectivity index (χ0) is 20.3. The lowest BCUT2D eigenvalue weighted by Gasteiger charge is -2.27. The second-order valence-electron chi connectivity index (χ2n) is 7.47. The number of nitrogens with zero attached hydrogens (tertiary/aromatic N) is 1. The highest BCUT2D eigenvalue weighted by molar-refractivity contribution is 6.09. The van der Waals surface area contributed by atoms with E-state index >= 15 is 0 Å². The summed E-state index contributed by atoms with van der Waals surface area (Å²) in [5, 5.41) is 10.5. The normalized spacial score (nSPS) is 16.9. The van der Waals surface area contributed by atoms with Crippen molar-refractivity contribution in [2.75, 3.05) is 6.54 Å². The molecule has 1 N–H and O–H groups in total. The average molecular weight is 381 g/mol. The van der Waals surface area contributed by atoms with Crippen LogP contribution in [0, 0.1) is 11.7 Å². The number of ketones is 1. The van der Waals surface area contributed by atoms with E-state index in [2.05, 4.69) is 0 Å². The Morgan fingerprint density at radius 3 is 2.36 bits per heavy atom. The molecule has 0 radical (unpaired) electrons. The minimum Gasteiger partial charge on any atom is -0.503 e. The van der Waals surface area contributed by atoms with Crippen molar-refractivity contribution >= 4 is 11.7 Å². The number of Topliss-reactive ketones (excluding diaryl/α,β-unsaturated/α-hetero) is 1. The zero-order valence-corrected chi connectivity index (χ0v) is 16.1. The van der Waals surface area contributed by atoms with E-state index in [4.69, 9.17) is 0 Å². The Bertz CT molecular complexity index is 888. The molecule has 0 saturated heterocycles. The van der Waals surface area contributed by atoms with E-state index in [-0.39, 0.29) is 29.5 Å². The molecule has 4 nitrogen and oxygen atoms in total. The molecule has 28 heavy (non-hydrogen) atoms. The van der Waals surface area contributed by atoms with Crippen LogP contribution in [0.4, 0.5) is 4.39 Å². The zero-order valence-electron chi connectivity index (χ0n) is 16.1. The first-order chi connectivity index (χ1) is 13.4. The number of aliphatic hydroxyl groups excluding tert-OH is 1. The molecule has 1 aliphatic heterocycles. The fourth-order valence-electron chi connectivity index (χ4n) is 3.53. The van der Waals surface area contributed by atoms with Gasteiger partial charge in [-0.05, 0) is 35.6 Å². The van der Waals surface area contributed by atoms with Crippen LogP contribution in [0.3, 0.4) is 0 Å². The third-order valence-electron chi connectivity index (χ3n) is 4.87. The third kappa shape index (κ3) is 4.14. The minimum atomic E-state index is -0.611. The average Bonchev–Trinajstić information content (AvgIpc) is 2.92. The van der Waals surface area contributed by atoms with Gasteiger partial charge in [-0.3, -0.25) is 9.59 Å². The van der Waals surface area contributed by atoms with Crippen LogP contribution in [-0.2, 0) is 16.0 Å². The predicted octanol–water partition coefficient (Wildman–Crippen LogP) is 4.38. The molecule has 1 heterocycles. The summed E-state index contributed by atoms with van der Waals surface area (Å²) < 4.78 is 13.1. The maximum atomic E-state index is 13.1. The summed E-state index contributed by atoms with van der Waals surface area (Å²) in [7, 11) is 0. The van der Waals surface area contributed by atoms with Crippen LogP contribution >= 0.6 is 0 Å². The van der Waals surface area contributed by atoms with Crippen LogP contribution in [0.1, 0.15) is 37.4 Å². The number of hydrogen-bond donors (Lipinski definition) is 1. The lowest BCUT2D eigenvalue weighted by atomic mass is 9.92. The van der Waals surface area contributed by atoms with Crippen LogP contribution < -0.4 is 0 Å². The van der Waals surface area contributed by atoms with Gasteiger partial charge in [0, 0.05) is 13.0 Å². The first kappa shape index (κ1) is 19.8. The molecule has 0 aromatic heterocycles. The topological polar surface area (TPSA) is 57.6 Å². The molecule has 146 valence electrons. The minimum absolute atomic E-state index is 0.118. The Kier molecular flexibility index (Phi) is 5.93. The summed E-state index contributed by atoms with van der Waals surface area (Å²) in [5.74, 6) is -1.41. The van der Waals surface area contributed by atoms with Crippen LogP contribution in [-0.4, -0.2) is 28.2 Å². The summed E-state index contributed by atoms with van der Waals surface area (Å²) in [6, 6.07) is 14.7. The van der Waals surface area contributed by atoms with Gasteiger partial charge in [0.2, 0.25) is 0 Å². The number of aliphatic hydroxyl groups is 1. The lowest BCUT2D eigenvalue weighted by Crippen LogP contribution is -2.33. The molecule has 0 aliphatic carbocycles. The fraction of sp³-hybridized carbons (Fsp3) is 0.304. The van der Waals surface area contributed by atoms with Crippen LogP contribution in [0.25, 0.3) is 0 Å². The monoisotopic (exact) mass is 381 g/mol. The third-order valence-corrected chi connectivity index (χ3v) is 4.87. The van der Waals surface area contributed by atoms with E-state index in [1.165, 1.54) is 17.0 Å². The van der Waals surface area contributed by atoms with Gasteiger partial charge < -0.3 is 10.0 Å². The molecule has 0 spiro atoms. The summed E-state index contributed by atoms with van der Waals surface area (Å²) in [5.41, 5.74) is 1.83. The standard InChI is InChI=1S/C23H24FNO3/c1-15(2)14-19(26)20-21(17-6-4-3-5-7-17)25(23(28)22(20)27)13-12-16-8-10-18(24)11-9-16/h3-11,15,21,27H,12-14H2,1-2H3. The molecular weight excluding hydrogens is 357 g/mol. The van der Waals surface area contributed by atoms with E-state index in [0.29, 0.717) is 13.0 Å². The van der Waals surface area contributed by atoms with Gasteiger partial charge in [-0.2, -0.15) is 0 Å². The van der Waals surface area contributed by atoms with Crippen molar-refractivity contribution in [2.45, 2.75) is 32.7 Å². The van der Waals surface area contributed by atoms with Gasteiger partial charge in [0.15, 0.2) is 11.5 Å². The van der Waals surface area contributed by atoms with Gasteiger partial charge in [-0.1, -0.05) is 56.3 Å². The lowest BCUT2D eigenvalue weighted by molar-refractivity contribution is -0.129. The van der Waals surface area contributed by atoms with Crippen molar-refractivity contribution < 1.29 is 19.1 Å². The van der Waals surface area contributed by atoms with Crippen molar-refractivity contribution in [3.63, 3.8) is 0 Å². The highest BCUT2D eigenvalue weighted by Crippen LogP contribution is 2.38. The molecule has 2 aromatic rings. The maximum absolute atomic E-state index is 13.1. The van der Waals surface area contributed by atoms with E-state index in [9.17, 15) is 19.1 Å². The first-order valence-corrected chi connectivity index (χ1v) is 9.45. The maximum Gasteiger partial charge on any atom is 0.290 e. The van der Waals surface area contributed by atoms with Gasteiger partial charge in [0.05, 0.1) is 11.6 Å². The van der Waals surface area contributed by atoms with Gasteiger partial charge >= 0.3 is 0 Å². The smallest absolute Gasteiger partial charge is 0.290 e. The highest BCUT2D eigenvalue weighted by atomic mass is 19.1. The molecular formula is C23H24FNO3. The van der Waals surface area contributed by atoms with Crippen molar-refractivity contribution in [1.29, 1.82) is 0 Å². The van der Waals surface area contributed by atoms with Crippen LogP contribution in [0.2, 0.25) is 0 Å². The number of hydrogen-bond acceptors (Lipinski definition) is 3. The first-order valence-electron chi connectivity index (χ1n) is 9.45. The fourth-order valence-corrected chi connectivity index (χ4v) is 3.53. The van der Waals surface area contributed by atoms with Crippen LogP contribution in [0.15, 0.2) is 65.9 Å². The van der Waals surface area contributed by atoms with E-state index in [1.807, 2.05) is 44.2 Å². The molecule has 1 aliphatic rings. The summed E-state index contributed by atoms with van der Waals surface area (Å²) in [6.07, 6.45) is 0.760. The second kappa shape index (κ2) is 8.38. The summed E-state index contributed by atoms with van der Waals surface area (Å²) in [4.78, 5) is 27.1. The molecule has 0 bridgehead atoms. The number of halogens is 1. The number of carbonyl (C=O) groups excluding carboxylic acids is 2. The Hall–Kier alpha value is -2.95. The molecule has 1 unspecified atom stereocenters. The Morgan fingerprint density at radius 2 is 1.75 bits per heavy atom. The second-order valence-corrected chi connectivity index (χ2v) is 7.47. The quantitative estimate of drug-likeness (QED) is 0.774. The molecule has 2 aromatic carbocycles. The van der Waals surface area contributed by atoms with Crippen molar-refractivity contribution in [2.24, 2.45) is 5.92 Å². The number of carbonyl (C=O) groups is 2. The summed E-state index contributed by atoms with van der Waals surface area (Å²) >= 11 is 0. The SMILES string of the molecule is CC(C)CC(=O)C1=C(O)C(=O)N(CCc2ccc(F)cc2)C1c1ccccc1. The largest absolute Gasteiger partial charge is 0.503 e. The molecule has 1 amide bonds. The Morgan fingerprint density at radius 1 is 1.11 bits per heavy atom. The number of rotatable bonds is 7. The number of amides is 1. The van der Waals surface area contributed by atoms with Gasteiger partial charge in [0.1, 0.15) is 5.82 Å². The molecule has 3 rings (SSSR count). The Labute approximate surface area is 164 Å². The van der Waals surface area contributed by atoms with Crippen molar-refractivity contribution in [3.05, 3.63) is 82.9 Å². The highest BCUT2D eigenvalue weighted by Gasteiger charge is 2.42. The molecule has 0 fully saturated rings. The van der Waals surface area contributed by atoms with Crippen LogP contribution in [0.5, 0.6) is 0 Å². The summed E-state index contributed by atoms with van der Waals surface area (Å²) in [6.45, 7) is 4.17. The van der Waals surface area contributed by atoms with E-state index in [1.54, 1.807) is 12.1 Å². The molecule has 0 saturated carbocycles.